The molecule has 0 aliphatic rings. The third-order valence-electron chi connectivity index (χ3n) is 3.95. The summed E-state index contributed by atoms with van der Waals surface area (Å²) in [5.41, 5.74) is 2.23. The molecule has 0 unspecified atom stereocenters. The van der Waals surface area contributed by atoms with Gasteiger partial charge in [-0.25, -0.2) is 0 Å². The van der Waals surface area contributed by atoms with Crippen LogP contribution in [0.25, 0.3) is 0 Å². The lowest BCUT2D eigenvalue weighted by Gasteiger charge is -2.09. The van der Waals surface area contributed by atoms with E-state index in [1.165, 1.54) is 16.9 Å². The summed E-state index contributed by atoms with van der Waals surface area (Å²) < 4.78 is 11.4. The highest BCUT2D eigenvalue weighted by molar-refractivity contribution is 8.00. The summed E-state index contributed by atoms with van der Waals surface area (Å²) in [6.07, 6.45) is 0.947. The monoisotopic (exact) mass is 415 g/mol. The van der Waals surface area contributed by atoms with E-state index in [0.29, 0.717) is 29.5 Å². The zero-order chi connectivity index (χ0) is 19.8. The summed E-state index contributed by atoms with van der Waals surface area (Å²) in [6, 6.07) is 15.8. The van der Waals surface area contributed by atoms with Gasteiger partial charge in [0.25, 0.3) is 0 Å². The van der Waals surface area contributed by atoms with Crippen molar-refractivity contribution in [3.8, 4) is 11.5 Å². The third kappa shape index (κ3) is 5.71. The van der Waals surface area contributed by atoms with Gasteiger partial charge in [-0.3, -0.25) is 4.79 Å². The van der Waals surface area contributed by atoms with E-state index in [-0.39, 0.29) is 5.91 Å². The molecule has 28 heavy (non-hydrogen) atoms. The average Bonchev–Trinajstić information content (AvgIpc) is 3.18. The first kappa shape index (κ1) is 20.2. The Morgan fingerprint density at radius 3 is 2.57 bits per heavy atom. The molecular formula is C20H21N3O3S2. The minimum absolute atomic E-state index is 0.0921. The van der Waals surface area contributed by atoms with Crippen LogP contribution in [-0.4, -0.2) is 30.3 Å². The third-order valence-corrected chi connectivity index (χ3v) is 5.99. The molecule has 0 fully saturated rings. The van der Waals surface area contributed by atoms with Gasteiger partial charge in [-0.1, -0.05) is 59.5 Å². The Hall–Kier alpha value is -2.58. The molecule has 0 atom stereocenters. The molecule has 6 nitrogen and oxygen atoms in total. The minimum Gasteiger partial charge on any atom is -0.493 e. The summed E-state index contributed by atoms with van der Waals surface area (Å²) in [5, 5.41) is 11.5. The van der Waals surface area contributed by atoms with E-state index >= 15 is 0 Å². The molecule has 146 valence electrons. The molecule has 0 bridgehead atoms. The van der Waals surface area contributed by atoms with E-state index < -0.39 is 0 Å². The Labute approximate surface area is 172 Å². The van der Waals surface area contributed by atoms with Crippen LogP contribution in [0, 0.1) is 0 Å². The maximum absolute atomic E-state index is 12.2. The largest absolute Gasteiger partial charge is 0.493 e. The number of aromatic nitrogens is 2. The number of nitrogens with one attached hydrogen (secondary N) is 1. The van der Waals surface area contributed by atoms with Crippen LogP contribution >= 0.6 is 23.1 Å². The number of thioether (sulfide) groups is 1. The van der Waals surface area contributed by atoms with E-state index in [4.69, 9.17) is 9.47 Å². The molecule has 0 aliphatic carbocycles. The Morgan fingerprint density at radius 2 is 1.82 bits per heavy atom. The second-order valence-electron chi connectivity index (χ2n) is 5.88. The van der Waals surface area contributed by atoms with Crippen molar-refractivity contribution in [3.63, 3.8) is 0 Å². The van der Waals surface area contributed by atoms with Crippen molar-refractivity contribution in [2.45, 2.75) is 22.9 Å². The molecular weight excluding hydrogens is 394 g/mol. The zero-order valence-electron chi connectivity index (χ0n) is 15.7. The first-order valence-electron chi connectivity index (χ1n) is 8.69. The number of benzene rings is 2. The first-order valence-corrected chi connectivity index (χ1v) is 10.5. The lowest BCUT2D eigenvalue weighted by atomic mass is 10.1. The highest BCUT2D eigenvalue weighted by atomic mass is 32.2. The topological polar surface area (TPSA) is 73.3 Å². The van der Waals surface area contributed by atoms with Crippen LogP contribution in [0.15, 0.2) is 52.9 Å². The summed E-state index contributed by atoms with van der Waals surface area (Å²) in [6.45, 7) is 0. The molecule has 0 spiro atoms. The Kier molecular flexibility index (Phi) is 7.27. The standard InChI is InChI=1S/C20H21N3O3S2/c1-25-16-10-8-14(12-17(16)26-2)9-11-18(24)21-19-22-23-20(28-19)27-13-15-6-4-3-5-7-15/h3-8,10,12H,9,11,13H2,1-2H3,(H,21,22,24). The van der Waals surface area contributed by atoms with Crippen LogP contribution in [0.3, 0.4) is 0 Å². The van der Waals surface area contributed by atoms with E-state index in [1.807, 2.05) is 36.4 Å². The van der Waals surface area contributed by atoms with E-state index in [2.05, 4.69) is 27.6 Å². The van der Waals surface area contributed by atoms with Crippen molar-refractivity contribution in [2.24, 2.45) is 0 Å². The smallest absolute Gasteiger partial charge is 0.226 e. The fraction of sp³-hybridized carbons (Fsp3) is 0.250. The second-order valence-corrected chi connectivity index (χ2v) is 8.08. The van der Waals surface area contributed by atoms with Crippen LogP contribution in [0.2, 0.25) is 0 Å². The molecule has 8 heteroatoms. The quantitative estimate of drug-likeness (QED) is 0.412. The predicted molar refractivity (Wildman–Crippen MR) is 112 cm³/mol. The van der Waals surface area contributed by atoms with Gasteiger partial charge in [-0.15, -0.1) is 10.2 Å². The SMILES string of the molecule is COc1ccc(CCC(=O)Nc2nnc(SCc3ccccc3)s2)cc1OC. The van der Waals surface area contributed by atoms with Crippen LogP contribution in [0.5, 0.6) is 11.5 Å². The normalized spacial score (nSPS) is 10.5. The lowest BCUT2D eigenvalue weighted by Crippen LogP contribution is -2.12. The van der Waals surface area contributed by atoms with Gasteiger partial charge in [-0.05, 0) is 29.7 Å². The number of aryl methyl sites for hydroxylation is 1. The highest BCUT2D eigenvalue weighted by Crippen LogP contribution is 2.29. The molecule has 0 saturated heterocycles. The van der Waals surface area contributed by atoms with Crippen molar-refractivity contribution in [1.82, 2.24) is 10.2 Å². The summed E-state index contributed by atoms with van der Waals surface area (Å²) in [7, 11) is 3.19. The first-order chi connectivity index (χ1) is 13.7. The number of carbonyl (C=O) groups is 1. The van der Waals surface area contributed by atoms with Crippen LogP contribution in [0.1, 0.15) is 17.5 Å². The number of ether oxygens (including phenoxy) is 2. The van der Waals surface area contributed by atoms with Gasteiger partial charge in [0.2, 0.25) is 11.0 Å². The van der Waals surface area contributed by atoms with Crippen molar-refractivity contribution >= 4 is 34.1 Å². The Bertz CT molecular complexity index is 916. The van der Waals surface area contributed by atoms with Gasteiger partial charge >= 0.3 is 0 Å². The zero-order valence-corrected chi connectivity index (χ0v) is 17.3. The molecule has 0 aliphatic heterocycles. The maximum atomic E-state index is 12.2. The van der Waals surface area contributed by atoms with Crippen molar-refractivity contribution in [3.05, 3.63) is 59.7 Å². The number of rotatable bonds is 9. The second kappa shape index (κ2) is 10.1. The molecule has 1 N–H and O–H groups in total. The maximum Gasteiger partial charge on any atom is 0.226 e. The Morgan fingerprint density at radius 1 is 1.04 bits per heavy atom. The van der Waals surface area contributed by atoms with Crippen molar-refractivity contribution in [1.29, 1.82) is 0 Å². The molecule has 1 heterocycles. The van der Waals surface area contributed by atoms with Crippen LogP contribution in [-0.2, 0) is 17.0 Å². The molecule has 2 aromatic carbocycles. The number of amides is 1. The number of hydrogen-bond donors (Lipinski definition) is 1. The number of methoxy groups -OCH3 is 2. The van der Waals surface area contributed by atoms with Gasteiger partial charge < -0.3 is 14.8 Å². The van der Waals surface area contributed by atoms with Crippen molar-refractivity contribution in [2.75, 3.05) is 19.5 Å². The van der Waals surface area contributed by atoms with E-state index in [1.54, 1.807) is 26.0 Å². The lowest BCUT2D eigenvalue weighted by molar-refractivity contribution is -0.116. The van der Waals surface area contributed by atoms with E-state index in [9.17, 15) is 4.79 Å². The number of nitrogens with zero attached hydrogens (tertiary/aromatic N) is 2. The van der Waals surface area contributed by atoms with Crippen LogP contribution < -0.4 is 14.8 Å². The Balaban J connectivity index is 1.48. The van der Waals surface area contributed by atoms with Gasteiger partial charge in [0.15, 0.2) is 15.8 Å². The van der Waals surface area contributed by atoms with Gasteiger partial charge in [0, 0.05) is 12.2 Å². The highest BCUT2D eigenvalue weighted by Gasteiger charge is 2.10. The molecule has 0 saturated carbocycles. The molecule has 1 amide bonds. The van der Waals surface area contributed by atoms with Gasteiger partial charge in [0.1, 0.15) is 0 Å². The molecule has 3 rings (SSSR count). The summed E-state index contributed by atoms with van der Waals surface area (Å²) in [4.78, 5) is 12.2. The van der Waals surface area contributed by atoms with Gasteiger partial charge in [0.05, 0.1) is 14.2 Å². The number of anilines is 1. The van der Waals surface area contributed by atoms with Crippen molar-refractivity contribution < 1.29 is 14.3 Å². The summed E-state index contributed by atoms with van der Waals surface area (Å²) in [5.74, 6) is 2.06. The number of carbonyl (C=O) groups excluding carboxylic acids is 1. The summed E-state index contributed by atoms with van der Waals surface area (Å²) >= 11 is 2.99. The fourth-order valence-electron chi connectivity index (χ4n) is 2.51. The fourth-order valence-corrected chi connectivity index (χ4v) is 4.24. The average molecular weight is 416 g/mol. The predicted octanol–water partition coefficient (Wildman–Crippen LogP) is 4.42. The molecule has 1 aromatic heterocycles. The van der Waals surface area contributed by atoms with E-state index in [0.717, 1.165) is 15.7 Å². The van der Waals surface area contributed by atoms with Crippen LogP contribution in [0.4, 0.5) is 5.13 Å². The number of hydrogen-bond acceptors (Lipinski definition) is 7. The molecule has 0 radical (unpaired) electrons. The minimum atomic E-state index is -0.0921. The van der Waals surface area contributed by atoms with Gasteiger partial charge in [-0.2, -0.15) is 0 Å². The molecule has 3 aromatic rings.